The van der Waals surface area contributed by atoms with E-state index in [2.05, 4.69) is 0 Å². The zero-order valence-corrected chi connectivity index (χ0v) is 14.6. The van der Waals surface area contributed by atoms with Crippen molar-refractivity contribution in [2.45, 2.75) is 19.3 Å². The van der Waals surface area contributed by atoms with Gasteiger partial charge in [0.15, 0.2) is 0 Å². The van der Waals surface area contributed by atoms with Gasteiger partial charge >= 0.3 is 0 Å². The van der Waals surface area contributed by atoms with E-state index in [-0.39, 0.29) is 18.9 Å². The number of halogens is 2. The second-order valence-corrected chi connectivity index (χ2v) is 6.43. The van der Waals surface area contributed by atoms with Gasteiger partial charge in [-0.3, -0.25) is 4.79 Å². The predicted molar refractivity (Wildman–Crippen MR) is 98.1 cm³/mol. The first kappa shape index (κ1) is 16.9. The average Bonchev–Trinajstić information content (AvgIpc) is 2.58. The van der Waals surface area contributed by atoms with Gasteiger partial charge in [-0.1, -0.05) is 35.3 Å². The number of hydrogen-bond acceptors (Lipinski definition) is 3. The number of benzene rings is 2. The van der Waals surface area contributed by atoms with Crippen molar-refractivity contribution in [2.75, 3.05) is 23.8 Å². The number of nitrogens with two attached hydrogens (primary N) is 1. The maximum Gasteiger partial charge on any atom is 0.230 e. The van der Waals surface area contributed by atoms with Crippen LogP contribution in [0.15, 0.2) is 36.4 Å². The SMILES string of the molecule is Nc1cccc2c1CCCN2C(=O)CCOc1cccc(Cl)c1Cl. The Bertz CT molecular complexity index is 765. The van der Waals surface area contributed by atoms with E-state index >= 15 is 0 Å². The zero-order valence-electron chi connectivity index (χ0n) is 13.1. The summed E-state index contributed by atoms with van der Waals surface area (Å²) in [7, 11) is 0. The maximum absolute atomic E-state index is 12.6. The third-order valence-corrected chi connectivity index (χ3v) is 4.88. The molecule has 1 heterocycles. The highest BCUT2D eigenvalue weighted by atomic mass is 35.5. The minimum atomic E-state index is 0.0136. The largest absolute Gasteiger partial charge is 0.491 e. The predicted octanol–water partition coefficient (Wildman–Crippen LogP) is 4.32. The lowest BCUT2D eigenvalue weighted by atomic mass is 9.99. The van der Waals surface area contributed by atoms with Gasteiger partial charge in [-0.15, -0.1) is 0 Å². The lowest BCUT2D eigenvalue weighted by Crippen LogP contribution is -2.36. The molecule has 3 rings (SSSR count). The Morgan fingerprint density at radius 3 is 2.83 bits per heavy atom. The van der Waals surface area contributed by atoms with Crippen LogP contribution < -0.4 is 15.4 Å². The second-order valence-electron chi connectivity index (χ2n) is 5.64. The standard InChI is InChI=1S/C18H18Cl2N2O2/c19-13-5-1-8-16(18(13)20)24-11-9-17(23)22-10-3-4-12-14(21)6-2-7-15(12)22/h1-2,5-8H,3-4,9-11,21H2. The second kappa shape index (κ2) is 7.32. The van der Waals surface area contributed by atoms with E-state index in [1.807, 2.05) is 18.2 Å². The first-order chi connectivity index (χ1) is 11.6. The summed E-state index contributed by atoms with van der Waals surface area (Å²) in [6.07, 6.45) is 2.07. The first-order valence-electron chi connectivity index (χ1n) is 7.82. The fourth-order valence-electron chi connectivity index (χ4n) is 2.89. The van der Waals surface area contributed by atoms with Crippen molar-refractivity contribution in [3.05, 3.63) is 52.0 Å². The fourth-order valence-corrected chi connectivity index (χ4v) is 3.24. The molecule has 24 heavy (non-hydrogen) atoms. The number of nitrogen functional groups attached to an aromatic ring is 1. The van der Waals surface area contributed by atoms with E-state index in [9.17, 15) is 4.79 Å². The molecule has 0 spiro atoms. The molecular weight excluding hydrogens is 347 g/mol. The highest BCUT2D eigenvalue weighted by Crippen LogP contribution is 2.33. The van der Waals surface area contributed by atoms with Gasteiger partial charge in [0.05, 0.1) is 18.1 Å². The number of amides is 1. The molecule has 1 aliphatic heterocycles. The third-order valence-electron chi connectivity index (χ3n) is 4.08. The van der Waals surface area contributed by atoms with Crippen molar-refractivity contribution in [3.8, 4) is 5.75 Å². The Balaban J connectivity index is 1.64. The Kier molecular flexibility index (Phi) is 5.17. The van der Waals surface area contributed by atoms with Crippen LogP contribution in [-0.4, -0.2) is 19.1 Å². The highest BCUT2D eigenvalue weighted by Gasteiger charge is 2.23. The molecule has 4 nitrogen and oxygen atoms in total. The summed E-state index contributed by atoms with van der Waals surface area (Å²) >= 11 is 12.0. The monoisotopic (exact) mass is 364 g/mol. The molecule has 0 radical (unpaired) electrons. The number of fused-ring (bicyclic) bond motifs is 1. The molecule has 2 aromatic carbocycles. The van der Waals surface area contributed by atoms with Gasteiger partial charge in [-0.2, -0.15) is 0 Å². The van der Waals surface area contributed by atoms with Crippen LogP contribution in [0.3, 0.4) is 0 Å². The van der Waals surface area contributed by atoms with E-state index in [4.69, 9.17) is 33.7 Å². The molecule has 1 aliphatic rings. The first-order valence-corrected chi connectivity index (χ1v) is 8.58. The Labute approximate surface area is 151 Å². The molecule has 1 amide bonds. The van der Waals surface area contributed by atoms with Gasteiger partial charge in [-0.05, 0) is 42.7 Å². The summed E-state index contributed by atoms with van der Waals surface area (Å²) in [4.78, 5) is 14.4. The minimum absolute atomic E-state index is 0.0136. The highest BCUT2D eigenvalue weighted by molar-refractivity contribution is 6.42. The van der Waals surface area contributed by atoms with Crippen molar-refractivity contribution >= 4 is 40.5 Å². The van der Waals surface area contributed by atoms with Gasteiger partial charge in [-0.25, -0.2) is 0 Å². The summed E-state index contributed by atoms with van der Waals surface area (Å²) in [6.45, 7) is 0.945. The summed E-state index contributed by atoms with van der Waals surface area (Å²) in [5, 5.41) is 0.795. The van der Waals surface area contributed by atoms with Gasteiger partial charge < -0.3 is 15.4 Å². The maximum atomic E-state index is 12.6. The molecule has 0 saturated carbocycles. The van der Waals surface area contributed by atoms with Crippen LogP contribution in [0.1, 0.15) is 18.4 Å². The van der Waals surface area contributed by atoms with Gasteiger partial charge in [0.2, 0.25) is 5.91 Å². The van der Waals surface area contributed by atoms with Crippen LogP contribution in [0, 0.1) is 0 Å². The molecular formula is C18H18Cl2N2O2. The van der Waals surface area contributed by atoms with E-state index in [1.54, 1.807) is 23.1 Å². The molecule has 0 unspecified atom stereocenters. The van der Waals surface area contributed by atoms with Gasteiger partial charge in [0.1, 0.15) is 10.8 Å². The van der Waals surface area contributed by atoms with Gasteiger partial charge in [0, 0.05) is 17.9 Å². The number of carbonyl (C=O) groups excluding carboxylic acids is 1. The van der Waals surface area contributed by atoms with Crippen LogP contribution in [0.5, 0.6) is 5.75 Å². The normalized spacial score (nSPS) is 13.5. The smallest absolute Gasteiger partial charge is 0.230 e. The summed E-state index contributed by atoms with van der Waals surface area (Å²) in [5.41, 5.74) is 8.72. The summed E-state index contributed by atoms with van der Waals surface area (Å²) < 4.78 is 5.60. The Morgan fingerprint density at radius 1 is 1.21 bits per heavy atom. The number of anilines is 2. The van der Waals surface area contributed by atoms with Crippen molar-refractivity contribution in [3.63, 3.8) is 0 Å². The van der Waals surface area contributed by atoms with Crippen LogP contribution in [0.4, 0.5) is 11.4 Å². The lowest BCUT2D eigenvalue weighted by Gasteiger charge is -2.30. The van der Waals surface area contributed by atoms with E-state index in [0.29, 0.717) is 22.3 Å². The Morgan fingerprint density at radius 2 is 2.00 bits per heavy atom. The molecule has 0 bridgehead atoms. The van der Waals surface area contributed by atoms with Crippen molar-refractivity contribution < 1.29 is 9.53 Å². The lowest BCUT2D eigenvalue weighted by molar-refractivity contribution is -0.119. The van der Waals surface area contributed by atoms with E-state index in [0.717, 1.165) is 29.8 Å². The van der Waals surface area contributed by atoms with Crippen molar-refractivity contribution in [1.29, 1.82) is 0 Å². The molecule has 2 aromatic rings. The van der Waals surface area contributed by atoms with Crippen LogP contribution >= 0.6 is 23.2 Å². The minimum Gasteiger partial charge on any atom is -0.491 e. The topological polar surface area (TPSA) is 55.6 Å². The number of hydrogen-bond donors (Lipinski definition) is 1. The summed E-state index contributed by atoms with van der Waals surface area (Å²) in [6, 6.07) is 10.9. The molecule has 2 N–H and O–H groups in total. The molecule has 0 saturated heterocycles. The number of rotatable bonds is 4. The molecule has 0 aliphatic carbocycles. The van der Waals surface area contributed by atoms with Crippen LogP contribution in [-0.2, 0) is 11.2 Å². The van der Waals surface area contributed by atoms with Crippen molar-refractivity contribution in [2.24, 2.45) is 0 Å². The third kappa shape index (κ3) is 3.45. The molecule has 6 heteroatoms. The van der Waals surface area contributed by atoms with Crippen LogP contribution in [0.25, 0.3) is 0 Å². The molecule has 126 valence electrons. The number of ether oxygens (including phenoxy) is 1. The van der Waals surface area contributed by atoms with E-state index in [1.165, 1.54) is 0 Å². The fraction of sp³-hybridized carbons (Fsp3) is 0.278. The van der Waals surface area contributed by atoms with Gasteiger partial charge in [0.25, 0.3) is 0 Å². The van der Waals surface area contributed by atoms with Crippen molar-refractivity contribution in [1.82, 2.24) is 0 Å². The molecule has 0 aromatic heterocycles. The molecule has 0 fully saturated rings. The number of carbonyl (C=O) groups is 1. The van der Waals surface area contributed by atoms with Crippen LogP contribution in [0.2, 0.25) is 10.0 Å². The quantitative estimate of drug-likeness (QED) is 0.821. The Hall–Kier alpha value is -1.91. The summed E-state index contributed by atoms with van der Waals surface area (Å²) in [5.74, 6) is 0.500. The number of nitrogens with zero attached hydrogens (tertiary/aromatic N) is 1. The van der Waals surface area contributed by atoms with E-state index < -0.39 is 0 Å². The molecule has 0 atom stereocenters. The average molecular weight is 365 g/mol. The zero-order chi connectivity index (χ0) is 17.1.